The number of nitrogens with zero attached hydrogens (tertiary/aromatic N) is 2. The molecule has 0 saturated carbocycles. The van der Waals surface area contributed by atoms with Gasteiger partial charge in [0.05, 0.1) is 33.9 Å². The zero-order valence-corrected chi connectivity index (χ0v) is 50.7. The van der Waals surface area contributed by atoms with Crippen LogP contribution in [0.3, 0.4) is 0 Å². The lowest BCUT2D eigenvalue weighted by Gasteiger charge is -2.24. The minimum Gasteiger partial charge on any atom is -0.354 e. The minimum atomic E-state index is -1.84. The molecule has 5 heteroatoms. The summed E-state index contributed by atoms with van der Waals surface area (Å²) < 4.78 is 0. The second kappa shape index (κ2) is 21.6. The third-order valence-corrected chi connectivity index (χ3v) is 16.3. The summed E-state index contributed by atoms with van der Waals surface area (Å²) in [5.74, 6) is 6.54. The average molecular weight is 1010 g/mol. The van der Waals surface area contributed by atoms with Crippen molar-refractivity contribution >= 4 is 54.4 Å². The summed E-state index contributed by atoms with van der Waals surface area (Å²) >= 11 is 0. The van der Waals surface area contributed by atoms with Gasteiger partial charge in [0.25, 0.3) is 0 Å². The molecule has 5 heterocycles. The van der Waals surface area contributed by atoms with Gasteiger partial charge < -0.3 is 9.97 Å². The fourth-order valence-electron chi connectivity index (χ4n) is 11.1. The van der Waals surface area contributed by atoms with Crippen LogP contribution in [0.4, 0.5) is 0 Å². The number of benzene rings is 3. The number of fused-ring (bicyclic) bond motifs is 8. The molecule has 3 aromatic heterocycles. The maximum Gasteiger partial charge on any atom is 0.129 e. The van der Waals surface area contributed by atoms with Crippen LogP contribution in [0.25, 0.3) is 79.8 Å². The van der Waals surface area contributed by atoms with Gasteiger partial charge in [-0.05, 0) is 169 Å². The molecule has 8 rings (SSSR count). The van der Waals surface area contributed by atoms with Gasteiger partial charge in [-0.25, -0.2) is 9.97 Å². The van der Waals surface area contributed by atoms with Gasteiger partial charge >= 0.3 is 0 Å². The Hall–Kier alpha value is -5.96. The van der Waals surface area contributed by atoms with E-state index in [0.717, 1.165) is 67.1 Å². The minimum absolute atomic E-state index is 0.263. The van der Waals surface area contributed by atoms with E-state index in [0.29, 0.717) is 17.8 Å². The molecule has 0 saturated heterocycles. The second-order valence-electron chi connectivity index (χ2n) is 25.6. The molecule has 0 radical (unpaired) electrons. The number of aromatic amines is 2. The van der Waals surface area contributed by atoms with E-state index in [1.54, 1.807) is 0 Å². The van der Waals surface area contributed by atoms with E-state index in [-0.39, 0.29) is 35.5 Å². The fourth-order valence-corrected chi connectivity index (χ4v) is 11.6. The lowest BCUT2D eigenvalue weighted by molar-refractivity contribution is 0.807. The molecule has 8 bridgehead atoms. The van der Waals surface area contributed by atoms with E-state index in [9.17, 15) is 0 Å². The summed E-state index contributed by atoms with van der Waals surface area (Å²) in [5.41, 5.74) is 31.9. The summed E-state index contributed by atoms with van der Waals surface area (Å²) in [6.45, 7) is 49.1. The van der Waals surface area contributed by atoms with E-state index < -0.39 is 8.07 Å². The Kier molecular flexibility index (Phi) is 15.9. The van der Waals surface area contributed by atoms with E-state index in [4.69, 9.17) is 9.97 Å². The quantitative estimate of drug-likeness (QED) is 0.0946. The predicted octanol–water partition coefficient (Wildman–Crippen LogP) is 21.0. The largest absolute Gasteiger partial charge is 0.354 e. The maximum atomic E-state index is 5.95. The van der Waals surface area contributed by atoms with Gasteiger partial charge in [0.1, 0.15) is 8.07 Å². The van der Waals surface area contributed by atoms with Crippen molar-refractivity contribution in [3.8, 4) is 44.8 Å². The highest BCUT2D eigenvalue weighted by molar-refractivity contribution is 6.83. The predicted molar refractivity (Wildman–Crippen MR) is 332 cm³/mol. The van der Waals surface area contributed by atoms with Crippen LogP contribution < -0.4 is 0 Å². The van der Waals surface area contributed by atoms with Crippen molar-refractivity contribution < 1.29 is 0 Å². The van der Waals surface area contributed by atoms with Crippen molar-refractivity contribution in [3.63, 3.8) is 0 Å². The first-order valence-corrected chi connectivity index (χ1v) is 32.0. The van der Waals surface area contributed by atoms with Crippen molar-refractivity contribution in [1.82, 2.24) is 19.9 Å². The summed E-state index contributed by atoms with van der Waals surface area (Å²) in [6, 6.07) is 24.0. The third kappa shape index (κ3) is 11.0. The van der Waals surface area contributed by atoms with Crippen molar-refractivity contribution in [1.29, 1.82) is 0 Å². The highest BCUT2D eigenvalue weighted by Crippen LogP contribution is 2.47. The molecule has 0 aliphatic carbocycles. The van der Waals surface area contributed by atoms with Gasteiger partial charge in [-0.1, -0.05) is 187 Å². The number of H-pyrrole nitrogens is 2. The molecule has 3 aromatic carbocycles. The zero-order valence-electron chi connectivity index (χ0n) is 49.7. The molecule has 75 heavy (non-hydrogen) atoms. The van der Waals surface area contributed by atoms with Crippen LogP contribution in [-0.2, 0) is 0 Å². The average Bonchev–Trinajstić information content (AvgIpc) is 4.19. The normalized spacial score (nSPS) is 12.9. The highest BCUT2D eigenvalue weighted by Gasteiger charge is 2.28. The first-order chi connectivity index (χ1) is 35.3. The van der Waals surface area contributed by atoms with Crippen molar-refractivity contribution in [2.24, 2.45) is 0 Å². The van der Waals surface area contributed by atoms with Gasteiger partial charge in [0.15, 0.2) is 0 Å². The first kappa shape index (κ1) is 55.3. The molecule has 0 unspecified atom stereocenters. The number of hydrogen-bond donors (Lipinski definition) is 2. The summed E-state index contributed by atoms with van der Waals surface area (Å²) in [4.78, 5) is 20.0. The van der Waals surface area contributed by atoms with Crippen LogP contribution in [0.5, 0.6) is 0 Å². The molecule has 0 spiro atoms. The molecule has 0 fully saturated rings. The molecular formula is C70H88N4Si. The van der Waals surface area contributed by atoms with Crippen LogP contribution in [0.1, 0.15) is 256 Å². The van der Waals surface area contributed by atoms with Gasteiger partial charge in [0.2, 0.25) is 0 Å². The molecule has 0 amide bonds. The molecule has 2 aliphatic rings. The van der Waals surface area contributed by atoms with Crippen molar-refractivity contribution in [3.05, 3.63) is 139 Å². The van der Waals surface area contributed by atoms with Crippen LogP contribution in [0, 0.1) is 11.5 Å². The standard InChI is InChI=1S/C70H88N4Si/c1-38(2)47-32-51(41(7)8)65(52(33-47)42(9)10)68-59-24-22-57(71-59)50(30-31-75(19,20)21)58-23-25-60(72-58)69(66-53(43(11)12)34-48(39(3)4)35-54(66)44(13)14)62-27-29-64(74-62)70(63-28-26-61(68)73-63)67-55(45(15)16)36-49(40(5)6)37-56(67)46(17)18/h22-29,32-46,71,74H,1-21H3. The third-order valence-electron chi connectivity index (χ3n) is 15.5. The van der Waals surface area contributed by atoms with Gasteiger partial charge in [-0.15, -0.1) is 5.54 Å². The Bertz CT molecular complexity index is 3300. The highest BCUT2D eigenvalue weighted by atomic mass is 28.3. The van der Waals surface area contributed by atoms with Gasteiger partial charge in [-0.3, -0.25) is 0 Å². The smallest absolute Gasteiger partial charge is 0.129 e. The monoisotopic (exact) mass is 1010 g/mol. The van der Waals surface area contributed by atoms with Crippen molar-refractivity contribution in [2.75, 3.05) is 0 Å². The molecule has 392 valence electrons. The molecule has 2 aliphatic heterocycles. The number of hydrogen-bond acceptors (Lipinski definition) is 2. The summed E-state index contributed by atoms with van der Waals surface area (Å²) in [7, 11) is -1.84. The van der Waals surface area contributed by atoms with Crippen LogP contribution in [0.15, 0.2) is 60.7 Å². The maximum absolute atomic E-state index is 5.95. The van der Waals surface area contributed by atoms with Crippen LogP contribution >= 0.6 is 0 Å². The molecule has 4 nitrogen and oxygen atoms in total. The fraction of sp³-hybridized carbons (Fsp3) is 0.429. The Balaban J connectivity index is 1.71. The second-order valence-corrected chi connectivity index (χ2v) is 30.4. The SMILES string of the molecule is CC(C)c1cc(C(C)C)c(-c2c3nc(c(-c4c(C(C)C)cc(C(C)C)cc4C(C)C)c4ccc([nH]4)c(-c4c(C(C)C)cc(C(C)C)cc4C(C)C)c4nc(c(C#C[Si](C)(C)C)c5ccc2[nH]5)C=C4)C=C3)c(C(C)C)c1. The topological polar surface area (TPSA) is 57.4 Å². The van der Waals surface area contributed by atoms with E-state index in [1.807, 2.05) is 0 Å². The Morgan fingerprint density at radius 1 is 0.333 bits per heavy atom. The number of rotatable bonds is 12. The van der Waals surface area contributed by atoms with Crippen LogP contribution in [0.2, 0.25) is 19.6 Å². The molecular weight excluding hydrogens is 925 g/mol. The lowest BCUT2D eigenvalue weighted by Crippen LogP contribution is -2.16. The molecule has 6 aromatic rings. The Morgan fingerprint density at radius 2 is 0.587 bits per heavy atom. The van der Waals surface area contributed by atoms with E-state index >= 15 is 0 Å². The molecule has 2 N–H and O–H groups in total. The van der Waals surface area contributed by atoms with Crippen LogP contribution in [-0.4, -0.2) is 28.0 Å². The Labute approximate surface area is 453 Å². The summed E-state index contributed by atoms with van der Waals surface area (Å²) in [6.07, 6.45) is 9.06. The summed E-state index contributed by atoms with van der Waals surface area (Å²) in [5, 5.41) is 0. The lowest BCUT2D eigenvalue weighted by atomic mass is 9.81. The number of nitrogens with one attached hydrogen (secondary N) is 2. The number of aromatic nitrogens is 4. The molecule has 0 atom stereocenters. The van der Waals surface area contributed by atoms with Gasteiger partial charge in [-0.2, -0.15) is 0 Å². The first-order valence-electron chi connectivity index (χ1n) is 28.5. The zero-order chi connectivity index (χ0) is 54.7. The Morgan fingerprint density at radius 3 is 0.853 bits per heavy atom. The van der Waals surface area contributed by atoms with Gasteiger partial charge in [0, 0.05) is 33.2 Å². The van der Waals surface area contributed by atoms with Crippen molar-refractivity contribution in [2.45, 2.75) is 198 Å². The van der Waals surface area contributed by atoms with E-state index in [1.165, 1.54) is 66.8 Å². The van der Waals surface area contributed by atoms with E-state index in [2.05, 4.69) is 251 Å².